The third kappa shape index (κ3) is 4.40. The number of benzene rings is 1. The molecule has 0 bridgehead atoms. The van der Waals surface area contributed by atoms with Gasteiger partial charge in [-0.1, -0.05) is 13.0 Å². The van der Waals surface area contributed by atoms with E-state index >= 15 is 0 Å². The van der Waals surface area contributed by atoms with Crippen molar-refractivity contribution in [1.82, 2.24) is 4.90 Å². The molecule has 2 N–H and O–H groups in total. The van der Waals surface area contributed by atoms with Crippen LogP contribution in [0.25, 0.3) is 0 Å². The minimum absolute atomic E-state index is 0.720. The number of hydrogen-bond donors (Lipinski definition) is 1. The Morgan fingerprint density at radius 2 is 2.11 bits per heavy atom. The zero-order valence-electron chi connectivity index (χ0n) is 11.7. The van der Waals surface area contributed by atoms with E-state index in [4.69, 9.17) is 15.2 Å². The topological polar surface area (TPSA) is 47.7 Å². The summed E-state index contributed by atoms with van der Waals surface area (Å²) in [5, 5.41) is 0. The van der Waals surface area contributed by atoms with Crippen molar-refractivity contribution in [1.29, 1.82) is 0 Å². The molecule has 1 fully saturated rings. The van der Waals surface area contributed by atoms with E-state index in [9.17, 15) is 0 Å². The third-order valence-corrected chi connectivity index (χ3v) is 3.36. The van der Waals surface area contributed by atoms with Crippen molar-refractivity contribution in [3.63, 3.8) is 0 Å². The number of ether oxygens (including phenoxy) is 2. The first-order valence-electron chi connectivity index (χ1n) is 7.11. The molecular weight excluding hydrogens is 240 g/mol. The van der Waals surface area contributed by atoms with Gasteiger partial charge >= 0.3 is 0 Å². The second-order valence-electron chi connectivity index (χ2n) is 4.92. The van der Waals surface area contributed by atoms with Crippen molar-refractivity contribution in [2.75, 3.05) is 45.2 Å². The van der Waals surface area contributed by atoms with Crippen molar-refractivity contribution in [3.8, 4) is 5.75 Å². The maximum absolute atomic E-state index is 6.01. The van der Waals surface area contributed by atoms with E-state index in [1.165, 1.54) is 5.56 Å². The van der Waals surface area contributed by atoms with Gasteiger partial charge in [0.1, 0.15) is 5.75 Å². The lowest BCUT2D eigenvalue weighted by Crippen LogP contribution is -2.37. The molecule has 106 valence electrons. The van der Waals surface area contributed by atoms with Crippen LogP contribution in [0.2, 0.25) is 0 Å². The zero-order valence-corrected chi connectivity index (χ0v) is 11.7. The van der Waals surface area contributed by atoms with E-state index in [1.807, 2.05) is 12.1 Å². The SMILES string of the molecule is CCCOc1ccc(CCN2CCOCC2)cc1N. The molecule has 0 unspecified atom stereocenters. The molecule has 0 aromatic heterocycles. The summed E-state index contributed by atoms with van der Waals surface area (Å²) in [4.78, 5) is 2.43. The van der Waals surface area contributed by atoms with Crippen LogP contribution in [0.1, 0.15) is 18.9 Å². The van der Waals surface area contributed by atoms with Crippen LogP contribution in [0.3, 0.4) is 0 Å². The van der Waals surface area contributed by atoms with E-state index < -0.39 is 0 Å². The Bertz CT molecular complexity index is 390. The molecule has 0 atom stereocenters. The Morgan fingerprint density at radius 1 is 1.32 bits per heavy atom. The lowest BCUT2D eigenvalue weighted by atomic mass is 10.1. The van der Waals surface area contributed by atoms with Crippen molar-refractivity contribution < 1.29 is 9.47 Å². The maximum atomic E-state index is 6.01. The number of nitrogens with two attached hydrogens (primary N) is 1. The van der Waals surface area contributed by atoms with Gasteiger partial charge in [0.05, 0.1) is 25.5 Å². The summed E-state index contributed by atoms with van der Waals surface area (Å²) in [5.74, 6) is 0.803. The minimum Gasteiger partial charge on any atom is -0.491 e. The normalized spacial score (nSPS) is 16.5. The standard InChI is InChI=1S/C15H24N2O2/c1-2-9-19-15-4-3-13(12-14(15)16)5-6-17-7-10-18-11-8-17/h3-4,12H,2,5-11,16H2,1H3. The molecule has 0 radical (unpaired) electrons. The number of anilines is 1. The Labute approximate surface area is 115 Å². The van der Waals surface area contributed by atoms with Gasteiger partial charge in [-0.05, 0) is 30.5 Å². The lowest BCUT2D eigenvalue weighted by molar-refractivity contribution is 0.0384. The average molecular weight is 264 g/mol. The molecule has 4 heteroatoms. The maximum Gasteiger partial charge on any atom is 0.142 e. The van der Waals surface area contributed by atoms with Crippen molar-refractivity contribution in [3.05, 3.63) is 23.8 Å². The summed E-state index contributed by atoms with van der Waals surface area (Å²) < 4.78 is 10.9. The second kappa shape index (κ2) is 7.36. The molecule has 0 amide bonds. The molecular formula is C15H24N2O2. The monoisotopic (exact) mass is 264 g/mol. The van der Waals surface area contributed by atoms with Crippen LogP contribution in [0.15, 0.2) is 18.2 Å². The van der Waals surface area contributed by atoms with Crippen LogP contribution < -0.4 is 10.5 Å². The fourth-order valence-corrected chi connectivity index (χ4v) is 2.21. The number of hydrogen-bond acceptors (Lipinski definition) is 4. The summed E-state index contributed by atoms with van der Waals surface area (Å²) >= 11 is 0. The van der Waals surface area contributed by atoms with Gasteiger partial charge in [0, 0.05) is 19.6 Å². The number of rotatable bonds is 6. The van der Waals surface area contributed by atoms with Gasteiger partial charge in [0.2, 0.25) is 0 Å². The van der Waals surface area contributed by atoms with Crippen LogP contribution >= 0.6 is 0 Å². The highest BCUT2D eigenvalue weighted by molar-refractivity contribution is 5.54. The average Bonchev–Trinajstić information content (AvgIpc) is 2.45. The molecule has 0 spiro atoms. The quantitative estimate of drug-likeness (QED) is 0.798. The van der Waals surface area contributed by atoms with Gasteiger partial charge in [-0.25, -0.2) is 0 Å². The highest BCUT2D eigenvalue weighted by Gasteiger charge is 2.10. The van der Waals surface area contributed by atoms with Gasteiger partial charge in [0.15, 0.2) is 0 Å². The summed E-state index contributed by atoms with van der Waals surface area (Å²) in [7, 11) is 0. The fourth-order valence-electron chi connectivity index (χ4n) is 2.21. The third-order valence-electron chi connectivity index (χ3n) is 3.36. The Morgan fingerprint density at radius 3 is 2.79 bits per heavy atom. The summed E-state index contributed by atoms with van der Waals surface area (Å²) in [6.07, 6.45) is 2.02. The Balaban J connectivity index is 1.84. The number of nitrogens with zero attached hydrogens (tertiary/aromatic N) is 1. The van der Waals surface area contributed by atoms with Crippen molar-refractivity contribution in [2.24, 2.45) is 0 Å². The van der Waals surface area contributed by atoms with E-state index in [0.29, 0.717) is 0 Å². The molecule has 1 aliphatic heterocycles. The summed E-state index contributed by atoms with van der Waals surface area (Å²) in [5.41, 5.74) is 8.03. The molecule has 1 aromatic rings. The minimum atomic E-state index is 0.720. The Hall–Kier alpha value is -1.26. The smallest absolute Gasteiger partial charge is 0.142 e. The molecule has 1 saturated heterocycles. The van der Waals surface area contributed by atoms with E-state index in [2.05, 4.69) is 17.9 Å². The van der Waals surface area contributed by atoms with Gasteiger partial charge in [-0.3, -0.25) is 4.90 Å². The molecule has 0 saturated carbocycles. The first kappa shape index (κ1) is 14.2. The van der Waals surface area contributed by atoms with Gasteiger partial charge < -0.3 is 15.2 Å². The van der Waals surface area contributed by atoms with Crippen LogP contribution in [-0.2, 0) is 11.2 Å². The van der Waals surface area contributed by atoms with E-state index in [0.717, 1.165) is 63.7 Å². The second-order valence-corrected chi connectivity index (χ2v) is 4.92. The highest BCUT2D eigenvalue weighted by atomic mass is 16.5. The molecule has 0 aliphatic carbocycles. The van der Waals surface area contributed by atoms with Crippen LogP contribution in [-0.4, -0.2) is 44.4 Å². The van der Waals surface area contributed by atoms with Crippen LogP contribution in [0, 0.1) is 0 Å². The zero-order chi connectivity index (χ0) is 13.5. The molecule has 2 rings (SSSR count). The fraction of sp³-hybridized carbons (Fsp3) is 0.600. The summed E-state index contributed by atoms with van der Waals surface area (Å²) in [6, 6.07) is 6.13. The number of morpholine rings is 1. The first-order valence-corrected chi connectivity index (χ1v) is 7.11. The molecule has 1 aromatic carbocycles. The first-order chi connectivity index (χ1) is 9.29. The predicted octanol–water partition coefficient (Wildman–Crippen LogP) is 1.93. The lowest BCUT2D eigenvalue weighted by Gasteiger charge is -2.26. The van der Waals surface area contributed by atoms with E-state index in [1.54, 1.807) is 0 Å². The molecule has 19 heavy (non-hydrogen) atoms. The van der Waals surface area contributed by atoms with Gasteiger partial charge in [-0.15, -0.1) is 0 Å². The van der Waals surface area contributed by atoms with Crippen LogP contribution in [0.4, 0.5) is 5.69 Å². The molecule has 1 heterocycles. The number of nitrogen functional groups attached to an aromatic ring is 1. The van der Waals surface area contributed by atoms with Gasteiger partial charge in [0.25, 0.3) is 0 Å². The summed E-state index contributed by atoms with van der Waals surface area (Å²) in [6.45, 7) is 7.65. The largest absolute Gasteiger partial charge is 0.491 e. The Kier molecular flexibility index (Phi) is 5.48. The van der Waals surface area contributed by atoms with Crippen molar-refractivity contribution in [2.45, 2.75) is 19.8 Å². The van der Waals surface area contributed by atoms with Crippen LogP contribution in [0.5, 0.6) is 5.75 Å². The van der Waals surface area contributed by atoms with E-state index in [-0.39, 0.29) is 0 Å². The molecule has 4 nitrogen and oxygen atoms in total. The molecule has 1 aliphatic rings. The van der Waals surface area contributed by atoms with Gasteiger partial charge in [-0.2, -0.15) is 0 Å². The predicted molar refractivity (Wildman–Crippen MR) is 77.6 cm³/mol. The van der Waals surface area contributed by atoms with Crippen molar-refractivity contribution >= 4 is 5.69 Å². The highest BCUT2D eigenvalue weighted by Crippen LogP contribution is 2.23.